The van der Waals surface area contributed by atoms with Crippen LogP contribution in [0.25, 0.3) is 0 Å². The second-order valence-corrected chi connectivity index (χ2v) is 6.01. The lowest BCUT2D eigenvalue weighted by Crippen LogP contribution is -2.27. The van der Waals surface area contributed by atoms with Crippen molar-refractivity contribution in [2.75, 3.05) is 5.32 Å². The van der Waals surface area contributed by atoms with Crippen LogP contribution in [-0.2, 0) is 0 Å². The fourth-order valence-corrected chi connectivity index (χ4v) is 2.59. The average Bonchev–Trinajstić information content (AvgIpc) is 2.65. The van der Waals surface area contributed by atoms with Crippen LogP contribution in [0.2, 0.25) is 0 Å². The Hall–Kier alpha value is -3.35. The molecule has 0 aliphatic rings. The van der Waals surface area contributed by atoms with Crippen LogP contribution in [0.4, 0.5) is 20.3 Å². The Bertz CT molecular complexity index is 943. The van der Waals surface area contributed by atoms with Gasteiger partial charge in [-0.3, -0.25) is 4.79 Å². The van der Waals surface area contributed by atoms with Crippen LogP contribution in [0, 0.1) is 18.6 Å². The molecule has 7 heteroatoms. The van der Waals surface area contributed by atoms with E-state index in [-0.39, 0.29) is 23.2 Å². The molecule has 2 aromatic carbocycles. The molecule has 138 valence electrons. The van der Waals surface area contributed by atoms with E-state index in [1.807, 2.05) is 37.3 Å². The molecular formula is C20H18F2N4O. The molecule has 0 aliphatic carbocycles. The van der Waals surface area contributed by atoms with Crippen molar-refractivity contribution in [1.82, 2.24) is 15.3 Å². The lowest BCUT2D eigenvalue weighted by molar-refractivity contribution is 0.0934. The summed E-state index contributed by atoms with van der Waals surface area (Å²) in [6.45, 7) is 3.45. The molecule has 1 aromatic heterocycles. The van der Waals surface area contributed by atoms with E-state index in [4.69, 9.17) is 0 Å². The van der Waals surface area contributed by atoms with Crippen LogP contribution in [-0.4, -0.2) is 15.9 Å². The number of carbonyl (C=O) groups is 1. The van der Waals surface area contributed by atoms with Crippen molar-refractivity contribution in [2.45, 2.75) is 19.9 Å². The van der Waals surface area contributed by atoms with E-state index in [1.54, 1.807) is 6.92 Å². The summed E-state index contributed by atoms with van der Waals surface area (Å²) in [6, 6.07) is 14.1. The average molecular weight is 368 g/mol. The van der Waals surface area contributed by atoms with Crippen molar-refractivity contribution in [3.8, 4) is 0 Å². The van der Waals surface area contributed by atoms with E-state index in [1.165, 1.54) is 12.1 Å². The molecule has 0 bridgehead atoms. The van der Waals surface area contributed by atoms with Crippen LogP contribution in [0.15, 0.2) is 54.6 Å². The number of rotatable bonds is 5. The van der Waals surface area contributed by atoms with Gasteiger partial charge in [-0.25, -0.2) is 18.7 Å². The molecule has 1 heterocycles. The number of amides is 1. The predicted octanol–water partition coefficient (Wildman–Crippen LogP) is 4.30. The highest BCUT2D eigenvalue weighted by Crippen LogP contribution is 2.22. The summed E-state index contributed by atoms with van der Waals surface area (Å²) in [6.07, 6.45) is 0. The third-order valence-corrected chi connectivity index (χ3v) is 3.93. The Morgan fingerprint density at radius 3 is 2.33 bits per heavy atom. The first kappa shape index (κ1) is 18.4. The second kappa shape index (κ2) is 7.90. The van der Waals surface area contributed by atoms with Crippen LogP contribution in [0.5, 0.6) is 0 Å². The highest BCUT2D eigenvalue weighted by molar-refractivity contribution is 5.93. The number of benzene rings is 2. The number of para-hydroxylation sites is 1. The van der Waals surface area contributed by atoms with Gasteiger partial charge in [0.15, 0.2) is 0 Å². The van der Waals surface area contributed by atoms with Gasteiger partial charge >= 0.3 is 0 Å². The Balaban J connectivity index is 1.81. The number of hydrogen-bond donors (Lipinski definition) is 2. The summed E-state index contributed by atoms with van der Waals surface area (Å²) in [5.41, 5.74) is 0.715. The molecule has 0 spiro atoms. The maximum Gasteiger partial charge on any atom is 0.270 e. The number of aryl methyl sites for hydroxylation is 1. The third kappa shape index (κ3) is 4.44. The van der Waals surface area contributed by atoms with E-state index in [9.17, 15) is 13.6 Å². The van der Waals surface area contributed by atoms with Gasteiger partial charge in [0.05, 0.1) is 6.04 Å². The molecular weight excluding hydrogens is 350 g/mol. The fourth-order valence-electron chi connectivity index (χ4n) is 2.59. The van der Waals surface area contributed by atoms with E-state index in [0.29, 0.717) is 5.82 Å². The summed E-state index contributed by atoms with van der Waals surface area (Å²) in [5.74, 6) is -1.49. The monoisotopic (exact) mass is 368 g/mol. The van der Waals surface area contributed by atoms with E-state index < -0.39 is 17.5 Å². The van der Waals surface area contributed by atoms with Gasteiger partial charge in [0.2, 0.25) is 0 Å². The molecule has 0 fully saturated rings. The Morgan fingerprint density at radius 1 is 1.00 bits per heavy atom. The maximum absolute atomic E-state index is 13.8. The van der Waals surface area contributed by atoms with Crippen molar-refractivity contribution in [3.63, 3.8) is 0 Å². The summed E-state index contributed by atoms with van der Waals surface area (Å²) >= 11 is 0. The predicted molar refractivity (Wildman–Crippen MR) is 98.7 cm³/mol. The van der Waals surface area contributed by atoms with Gasteiger partial charge in [-0.15, -0.1) is 0 Å². The standard InChI is InChI=1S/C20H18F2N4O/c1-12(14-7-4-3-5-8-14)23-20(27)17-11-18(25-13(2)24-17)26-19-15(21)9-6-10-16(19)22/h3-12H,1-2H3,(H,23,27)(H,24,25,26). The molecule has 1 atom stereocenters. The highest BCUT2D eigenvalue weighted by Gasteiger charge is 2.16. The number of nitrogens with one attached hydrogen (secondary N) is 2. The fraction of sp³-hybridized carbons (Fsp3) is 0.150. The Morgan fingerprint density at radius 2 is 1.67 bits per heavy atom. The minimum atomic E-state index is -0.755. The quantitative estimate of drug-likeness (QED) is 0.705. The van der Waals surface area contributed by atoms with E-state index in [2.05, 4.69) is 20.6 Å². The molecule has 5 nitrogen and oxygen atoms in total. The number of nitrogens with zero attached hydrogens (tertiary/aromatic N) is 2. The first-order valence-corrected chi connectivity index (χ1v) is 8.36. The van der Waals surface area contributed by atoms with Crippen LogP contribution >= 0.6 is 0 Å². The van der Waals surface area contributed by atoms with E-state index >= 15 is 0 Å². The second-order valence-electron chi connectivity index (χ2n) is 6.01. The maximum atomic E-state index is 13.8. The van der Waals surface area contributed by atoms with E-state index in [0.717, 1.165) is 17.7 Å². The molecule has 3 aromatic rings. The van der Waals surface area contributed by atoms with Crippen molar-refractivity contribution < 1.29 is 13.6 Å². The van der Waals surface area contributed by atoms with Gasteiger partial charge < -0.3 is 10.6 Å². The van der Waals surface area contributed by atoms with Crippen molar-refractivity contribution in [3.05, 3.63) is 83.3 Å². The number of halogens is 2. The van der Waals surface area contributed by atoms with Crippen LogP contribution < -0.4 is 10.6 Å². The molecule has 1 unspecified atom stereocenters. The first-order chi connectivity index (χ1) is 12.9. The summed E-state index contributed by atoms with van der Waals surface area (Å²) in [5, 5.41) is 5.43. The minimum absolute atomic E-state index is 0.101. The van der Waals surface area contributed by atoms with Gasteiger partial charge in [0.1, 0.15) is 34.7 Å². The normalized spacial score (nSPS) is 11.7. The van der Waals surface area contributed by atoms with Crippen molar-refractivity contribution >= 4 is 17.4 Å². The van der Waals surface area contributed by atoms with Gasteiger partial charge in [-0.2, -0.15) is 0 Å². The lowest BCUT2D eigenvalue weighted by atomic mass is 10.1. The molecule has 0 aliphatic heterocycles. The first-order valence-electron chi connectivity index (χ1n) is 8.36. The number of carbonyl (C=O) groups excluding carboxylic acids is 1. The summed E-state index contributed by atoms with van der Waals surface area (Å²) < 4.78 is 27.7. The SMILES string of the molecule is Cc1nc(Nc2c(F)cccc2F)cc(C(=O)NC(C)c2ccccc2)n1. The van der Waals surface area contributed by atoms with Gasteiger partial charge in [-0.1, -0.05) is 36.4 Å². The topological polar surface area (TPSA) is 66.9 Å². The summed E-state index contributed by atoms with van der Waals surface area (Å²) in [4.78, 5) is 20.8. The smallest absolute Gasteiger partial charge is 0.270 e. The summed E-state index contributed by atoms with van der Waals surface area (Å²) in [7, 11) is 0. The van der Waals surface area contributed by atoms with Crippen molar-refractivity contribution in [1.29, 1.82) is 0 Å². The molecule has 0 radical (unpaired) electrons. The molecule has 0 saturated heterocycles. The highest BCUT2D eigenvalue weighted by atomic mass is 19.1. The zero-order valence-corrected chi connectivity index (χ0v) is 14.8. The van der Waals surface area contributed by atoms with Gasteiger partial charge in [0.25, 0.3) is 5.91 Å². The molecule has 3 rings (SSSR count). The molecule has 1 amide bonds. The third-order valence-electron chi connectivity index (χ3n) is 3.93. The molecule has 27 heavy (non-hydrogen) atoms. The lowest BCUT2D eigenvalue weighted by Gasteiger charge is -2.15. The van der Waals surface area contributed by atoms with Crippen LogP contribution in [0.1, 0.15) is 34.8 Å². The molecule has 2 N–H and O–H groups in total. The molecule has 0 saturated carbocycles. The largest absolute Gasteiger partial charge is 0.344 e. The van der Waals surface area contributed by atoms with Gasteiger partial charge in [-0.05, 0) is 31.5 Å². The number of anilines is 2. The Labute approximate surface area is 155 Å². The van der Waals surface area contributed by atoms with Crippen LogP contribution in [0.3, 0.4) is 0 Å². The zero-order valence-electron chi connectivity index (χ0n) is 14.8. The number of hydrogen-bond acceptors (Lipinski definition) is 4. The minimum Gasteiger partial charge on any atom is -0.344 e. The van der Waals surface area contributed by atoms with Gasteiger partial charge in [0, 0.05) is 6.07 Å². The zero-order chi connectivity index (χ0) is 19.4. The Kier molecular flexibility index (Phi) is 5.40. The number of aromatic nitrogens is 2. The van der Waals surface area contributed by atoms with Crippen molar-refractivity contribution in [2.24, 2.45) is 0 Å².